The monoisotopic (exact) mass is 200 g/mol. The molecule has 1 aliphatic carbocycles. The van der Waals surface area contributed by atoms with Crippen molar-refractivity contribution in [2.75, 3.05) is 26.8 Å². The minimum atomic E-state index is 0.485. The summed E-state index contributed by atoms with van der Waals surface area (Å²) in [6, 6.07) is 1.06. The fourth-order valence-electron chi connectivity index (χ4n) is 2.29. The molecule has 1 saturated carbocycles. The van der Waals surface area contributed by atoms with Crippen LogP contribution in [0.15, 0.2) is 0 Å². The summed E-state index contributed by atoms with van der Waals surface area (Å²) < 4.78 is 5.20. The number of methoxy groups -OCH3 is 1. The van der Waals surface area contributed by atoms with Crippen molar-refractivity contribution in [2.45, 2.75) is 38.8 Å². The summed E-state index contributed by atoms with van der Waals surface area (Å²) in [5.41, 5.74) is 5.84. The molecule has 14 heavy (non-hydrogen) atoms. The zero-order valence-corrected chi connectivity index (χ0v) is 9.70. The van der Waals surface area contributed by atoms with Crippen LogP contribution in [0.1, 0.15) is 26.7 Å². The van der Waals surface area contributed by atoms with E-state index in [0.717, 1.165) is 25.6 Å². The Labute approximate surface area is 87.6 Å². The Morgan fingerprint density at radius 3 is 2.50 bits per heavy atom. The lowest BCUT2D eigenvalue weighted by Gasteiger charge is -2.35. The van der Waals surface area contributed by atoms with Gasteiger partial charge in [0.05, 0.1) is 6.61 Å². The van der Waals surface area contributed by atoms with Crippen LogP contribution in [0, 0.1) is 5.92 Å². The Kier molecular flexibility index (Phi) is 4.85. The highest BCUT2D eigenvalue weighted by Crippen LogP contribution is 2.35. The van der Waals surface area contributed by atoms with E-state index in [1.807, 2.05) is 0 Å². The number of likely N-dealkylation sites (N-methyl/N-ethyl adjacent to an activating group) is 1. The van der Waals surface area contributed by atoms with Crippen LogP contribution < -0.4 is 5.73 Å². The van der Waals surface area contributed by atoms with Crippen LogP contribution in [0.5, 0.6) is 0 Å². The lowest BCUT2D eigenvalue weighted by molar-refractivity contribution is 0.0682. The van der Waals surface area contributed by atoms with Crippen LogP contribution in [-0.2, 0) is 4.74 Å². The van der Waals surface area contributed by atoms with E-state index in [2.05, 4.69) is 18.7 Å². The molecule has 2 N–H and O–H groups in total. The van der Waals surface area contributed by atoms with Gasteiger partial charge >= 0.3 is 0 Å². The number of ether oxygens (including phenoxy) is 1. The fourth-order valence-corrected chi connectivity index (χ4v) is 2.29. The van der Waals surface area contributed by atoms with Gasteiger partial charge in [-0.2, -0.15) is 0 Å². The molecule has 2 atom stereocenters. The van der Waals surface area contributed by atoms with E-state index in [4.69, 9.17) is 10.5 Å². The van der Waals surface area contributed by atoms with Gasteiger partial charge in [0.15, 0.2) is 0 Å². The van der Waals surface area contributed by atoms with Crippen LogP contribution in [0.4, 0.5) is 0 Å². The van der Waals surface area contributed by atoms with Gasteiger partial charge in [0.2, 0.25) is 0 Å². The lowest BCUT2D eigenvalue weighted by atomic mass is 10.1. The summed E-state index contributed by atoms with van der Waals surface area (Å²) in [7, 11) is 1.76. The molecule has 0 aromatic carbocycles. The molecule has 0 bridgehead atoms. The van der Waals surface area contributed by atoms with Gasteiger partial charge < -0.3 is 10.5 Å². The quantitative estimate of drug-likeness (QED) is 0.668. The first-order chi connectivity index (χ1) is 6.74. The highest BCUT2D eigenvalue weighted by atomic mass is 16.5. The molecule has 3 nitrogen and oxygen atoms in total. The molecular formula is C11H24N2O. The molecule has 1 fully saturated rings. The van der Waals surface area contributed by atoms with Crippen molar-refractivity contribution in [1.82, 2.24) is 4.90 Å². The van der Waals surface area contributed by atoms with Crippen molar-refractivity contribution >= 4 is 0 Å². The summed E-state index contributed by atoms with van der Waals surface area (Å²) >= 11 is 0. The highest BCUT2D eigenvalue weighted by Gasteiger charge is 2.35. The zero-order chi connectivity index (χ0) is 10.6. The first kappa shape index (κ1) is 12.0. The van der Waals surface area contributed by atoms with Gasteiger partial charge in [-0.3, -0.25) is 4.90 Å². The highest BCUT2D eigenvalue weighted by molar-refractivity contribution is 4.90. The predicted octanol–water partition coefficient (Wildman–Crippen LogP) is 1.08. The van der Waals surface area contributed by atoms with E-state index in [1.165, 1.54) is 12.8 Å². The molecule has 0 aliphatic heterocycles. The smallest absolute Gasteiger partial charge is 0.0615 e. The normalized spacial score (nSPS) is 21.2. The summed E-state index contributed by atoms with van der Waals surface area (Å²) in [4.78, 5) is 2.49. The number of nitrogens with zero attached hydrogens (tertiary/aromatic N) is 1. The standard InChI is InChI=1S/C11H24N2O/c1-4-13(9(2)8-14-3)11(7-12)10-5-6-10/h9-11H,4-8,12H2,1-3H3. The maximum Gasteiger partial charge on any atom is 0.0615 e. The second kappa shape index (κ2) is 5.69. The molecule has 0 spiro atoms. The molecule has 84 valence electrons. The Morgan fingerprint density at radius 2 is 2.14 bits per heavy atom. The first-order valence-electron chi connectivity index (χ1n) is 5.69. The van der Waals surface area contributed by atoms with Crippen LogP contribution in [0.2, 0.25) is 0 Å². The molecular weight excluding hydrogens is 176 g/mol. The molecule has 1 rings (SSSR count). The van der Waals surface area contributed by atoms with Crippen molar-refractivity contribution in [3.8, 4) is 0 Å². The van der Waals surface area contributed by atoms with Crippen molar-refractivity contribution in [3.63, 3.8) is 0 Å². The summed E-state index contributed by atoms with van der Waals surface area (Å²) in [5, 5.41) is 0. The minimum Gasteiger partial charge on any atom is -0.383 e. The van der Waals surface area contributed by atoms with Gasteiger partial charge in [-0.15, -0.1) is 0 Å². The maximum absolute atomic E-state index is 5.84. The van der Waals surface area contributed by atoms with E-state index < -0.39 is 0 Å². The molecule has 0 aromatic heterocycles. The van der Waals surface area contributed by atoms with Gasteiger partial charge in [-0.1, -0.05) is 6.92 Å². The van der Waals surface area contributed by atoms with Crippen molar-refractivity contribution in [1.29, 1.82) is 0 Å². The number of rotatable bonds is 7. The van der Waals surface area contributed by atoms with Crippen LogP contribution >= 0.6 is 0 Å². The molecule has 0 aromatic rings. The number of nitrogens with two attached hydrogens (primary N) is 1. The van der Waals surface area contributed by atoms with E-state index in [9.17, 15) is 0 Å². The van der Waals surface area contributed by atoms with E-state index in [-0.39, 0.29) is 0 Å². The number of hydrogen-bond donors (Lipinski definition) is 1. The predicted molar refractivity (Wildman–Crippen MR) is 59.3 cm³/mol. The Bertz CT molecular complexity index is 159. The van der Waals surface area contributed by atoms with Crippen molar-refractivity contribution in [2.24, 2.45) is 11.7 Å². The molecule has 3 heteroatoms. The summed E-state index contributed by atoms with van der Waals surface area (Å²) in [6.45, 7) is 7.09. The topological polar surface area (TPSA) is 38.5 Å². The van der Waals surface area contributed by atoms with Crippen LogP contribution in [0.3, 0.4) is 0 Å². The molecule has 0 amide bonds. The lowest BCUT2D eigenvalue weighted by Crippen LogP contribution is -2.48. The van der Waals surface area contributed by atoms with Crippen LogP contribution in [-0.4, -0.2) is 43.8 Å². The van der Waals surface area contributed by atoms with Crippen molar-refractivity contribution in [3.05, 3.63) is 0 Å². The average molecular weight is 200 g/mol. The zero-order valence-electron chi connectivity index (χ0n) is 9.70. The third-order valence-electron chi connectivity index (χ3n) is 3.17. The third-order valence-corrected chi connectivity index (χ3v) is 3.17. The second-order valence-corrected chi connectivity index (χ2v) is 4.28. The van der Waals surface area contributed by atoms with Crippen molar-refractivity contribution < 1.29 is 4.74 Å². The maximum atomic E-state index is 5.84. The fraction of sp³-hybridized carbons (Fsp3) is 1.00. The van der Waals surface area contributed by atoms with Gasteiger partial charge in [-0.25, -0.2) is 0 Å². The molecule has 0 saturated heterocycles. The van der Waals surface area contributed by atoms with Gasteiger partial charge in [0, 0.05) is 25.7 Å². The molecule has 0 heterocycles. The Hall–Kier alpha value is -0.120. The van der Waals surface area contributed by atoms with E-state index >= 15 is 0 Å². The molecule has 2 unspecified atom stereocenters. The minimum absolute atomic E-state index is 0.485. The van der Waals surface area contributed by atoms with Gasteiger partial charge in [0.25, 0.3) is 0 Å². The average Bonchev–Trinajstić information content (AvgIpc) is 2.97. The van der Waals surface area contributed by atoms with Crippen LogP contribution in [0.25, 0.3) is 0 Å². The second-order valence-electron chi connectivity index (χ2n) is 4.28. The van der Waals surface area contributed by atoms with Gasteiger partial charge in [0.1, 0.15) is 0 Å². The largest absolute Gasteiger partial charge is 0.383 e. The van der Waals surface area contributed by atoms with Gasteiger partial charge in [-0.05, 0) is 32.2 Å². The first-order valence-corrected chi connectivity index (χ1v) is 5.69. The molecule has 1 aliphatic rings. The summed E-state index contributed by atoms with van der Waals surface area (Å²) in [5.74, 6) is 0.847. The Balaban J connectivity index is 2.48. The Morgan fingerprint density at radius 1 is 1.50 bits per heavy atom. The van der Waals surface area contributed by atoms with E-state index in [0.29, 0.717) is 12.1 Å². The SMILES string of the molecule is CCN(C(C)COC)C(CN)C1CC1. The van der Waals surface area contributed by atoms with E-state index in [1.54, 1.807) is 7.11 Å². The third kappa shape index (κ3) is 2.94. The molecule has 0 radical (unpaired) electrons. The summed E-state index contributed by atoms with van der Waals surface area (Å²) in [6.07, 6.45) is 2.72. The number of hydrogen-bond acceptors (Lipinski definition) is 3.